The standard InChI is InChI=1S/C25H30N6O3/c1-16(17-10-14-20(15-11-17)31(33)34)26-24(32)18-8-12-19(13-9-18)27-25-28-22-7-5-4-6-21(22)23(29-25)30(2)3/h4-7,10-11,14-16,18-19H,8-9,12-13H2,1-3H3,(H,26,32)(H,27,28,29). The summed E-state index contributed by atoms with van der Waals surface area (Å²) in [6, 6.07) is 14.3. The number of carbonyl (C=O) groups is 1. The maximum atomic E-state index is 12.8. The van der Waals surface area contributed by atoms with Gasteiger partial charge in [0.15, 0.2) is 0 Å². The Morgan fingerprint density at radius 1 is 1.06 bits per heavy atom. The molecule has 1 aromatic heterocycles. The van der Waals surface area contributed by atoms with Gasteiger partial charge in [0.2, 0.25) is 11.9 Å². The highest BCUT2D eigenvalue weighted by Gasteiger charge is 2.28. The van der Waals surface area contributed by atoms with Crippen molar-refractivity contribution in [3.63, 3.8) is 0 Å². The van der Waals surface area contributed by atoms with Crippen LogP contribution in [-0.2, 0) is 4.79 Å². The molecular weight excluding hydrogens is 432 g/mol. The molecule has 9 nitrogen and oxygen atoms in total. The fraction of sp³-hybridized carbons (Fsp3) is 0.400. The number of nitro groups is 1. The third-order valence-electron chi connectivity index (χ3n) is 6.40. The SMILES string of the molecule is CC(NC(=O)C1CCC(Nc2nc(N(C)C)c3ccccc3n2)CC1)c1ccc([N+](=O)[O-])cc1. The lowest BCUT2D eigenvalue weighted by Gasteiger charge is -2.29. The maximum absolute atomic E-state index is 12.8. The maximum Gasteiger partial charge on any atom is 0.269 e. The van der Waals surface area contributed by atoms with Gasteiger partial charge in [-0.25, -0.2) is 4.98 Å². The largest absolute Gasteiger partial charge is 0.362 e. The Kier molecular flexibility index (Phi) is 6.90. The minimum absolute atomic E-state index is 0.0288. The van der Waals surface area contributed by atoms with E-state index in [9.17, 15) is 14.9 Å². The first kappa shape index (κ1) is 23.4. The zero-order valence-electron chi connectivity index (χ0n) is 19.7. The van der Waals surface area contributed by atoms with Crippen LogP contribution in [-0.4, -0.2) is 40.9 Å². The second-order valence-electron chi connectivity index (χ2n) is 9.05. The second-order valence-corrected chi connectivity index (χ2v) is 9.05. The number of hydrogen-bond acceptors (Lipinski definition) is 7. The number of fused-ring (bicyclic) bond motifs is 1. The molecule has 1 atom stereocenters. The summed E-state index contributed by atoms with van der Waals surface area (Å²) < 4.78 is 0. The van der Waals surface area contributed by atoms with Gasteiger partial charge in [-0.1, -0.05) is 24.3 Å². The highest BCUT2D eigenvalue weighted by atomic mass is 16.6. The lowest BCUT2D eigenvalue weighted by molar-refractivity contribution is -0.384. The van der Waals surface area contributed by atoms with Crippen molar-refractivity contribution in [2.45, 2.75) is 44.7 Å². The molecule has 1 aliphatic carbocycles. The Labute approximate surface area is 198 Å². The predicted octanol–water partition coefficient (Wildman–Crippen LogP) is 4.45. The number of rotatable bonds is 7. The number of hydrogen-bond donors (Lipinski definition) is 2. The van der Waals surface area contributed by atoms with Gasteiger partial charge < -0.3 is 15.5 Å². The Balaban J connectivity index is 1.33. The van der Waals surface area contributed by atoms with Gasteiger partial charge in [0.05, 0.1) is 16.5 Å². The highest BCUT2D eigenvalue weighted by Crippen LogP contribution is 2.29. The zero-order valence-corrected chi connectivity index (χ0v) is 19.7. The van der Waals surface area contributed by atoms with Crippen molar-refractivity contribution in [2.24, 2.45) is 5.92 Å². The Bertz CT molecular complexity index is 1170. The third-order valence-corrected chi connectivity index (χ3v) is 6.40. The van der Waals surface area contributed by atoms with Crippen molar-refractivity contribution >= 4 is 34.3 Å². The summed E-state index contributed by atoms with van der Waals surface area (Å²) in [5, 5.41) is 18.4. The highest BCUT2D eigenvalue weighted by molar-refractivity contribution is 5.90. The normalized spacial score (nSPS) is 18.8. The van der Waals surface area contributed by atoms with Crippen LogP contribution in [0.1, 0.15) is 44.2 Å². The van der Waals surface area contributed by atoms with Crippen LogP contribution in [0.3, 0.4) is 0 Å². The molecular formula is C25H30N6O3. The number of nitrogens with one attached hydrogen (secondary N) is 2. The summed E-state index contributed by atoms with van der Waals surface area (Å²) in [5.74, 6) is 1.47. The minimum atomic E-state index is -0.427. The first-order valence-corrected chi connectivity index (χ1v) is 11.6. The van der Waals surface area contributed by atoms with E-state index < -0.39 is 4.92 Å². The first-order valence-electron chi connectivity index (χ1n) is 11.6. The summed E-state index contributed by atoms with van der Waals surface area (Å²) >= 11 is 0. The molecule has 0 aliphatic heterocycles. The smallest absolute Gasteiger partial charge is 0.269 e. The molecule has 2 N–H and O–H groups in total. The molecule has 0 saturated heterocycles. The molecule has 3 aromatic rings. The van der Waals surface area contributed by atoms with E-state index in [4.69, 9.17) is 4.98 Å². The number of benzene rings is 2. The van der Waals surface area contributed by atoms with Crippen LogP contribution in [0.2, 0.25) is 0 Å². The van der Waals surface area contributed by atoms with Gasteiger partial charge in [0, 0.05) is 43.6 Å². The number of carbonyl (C=O) groups excluding carboxylic acids is 1. The molecule has 1 fully saturated rings. The molecule has 0 bridgehead atoms. The molecule has 2 aromatic carbocycles. The summed E-state index contributed by atoms with van der Waals surface area (Å²) in [4.78, 5) is 34.6. The van der Waals surface area contributed by atoms with Crippen molar-refractivity contribution in [1.29, 1.82) is 0 Å². The van der Waals surface area contributed by atoms with Crippen LogP contribution in [0, 0.1) is 16.0 Å². The van der Waals surface area contributed by atoms with Crippen molar-refractivity contribution in [1.82, 2.24) is 15.3 Å². The molecule has 34 heavy (non-hydrogen) atoms. The molecule has 1 aliphatic rings. The number of para-hydroxylation sites is 1. The van der Waals surface area contributed by atoms with Gasteiger partial charge in [-0.3, -0.25) is 14.9 Å². The molecule has 9 heteroatoms. The number of non-ortho nitro benzene ring substituents is 1. The molecule has 1 amide bonds. The molecule has 1 unspecified atom stereocenters. The van der Waals surface area contributed by atoms with E-state index in [2.05, 4.69) is 15.6 Å². The van der Waals surface area contributed by atoms with Gasteiger partial charge in [-0.2, -0.15) is 4.98 Å². The first-order chi connectivity index (χ1) is 16.3. The lowest BCUT2D eigenvalue weighted by Crippen LogP contribution is -2.37. The van der Waals surface area contributed by atoms with E-state index >= 15 is 0 Å². The van der Waals surface area contributed by atoms with E-state index in [1.165, 1.54) is 12.1 Å². The summed E-state index contributed by atoms with van der Waals surface area (Å²) in [5.41, 5.74) is 1.79. The Morgan fingerprint density at radius 2 is 1.74 bits per heavy atom. The number of anilines is 2. The van der Waals surface area contributed by atoms with Crippen LogP contribution in [0.15, 0.2) is 48.5 Å². The average molecular weight is 463 g/mol. The number of amides is 1. The number of aromatic nitrogens is 2. The molecule has 1 saturated carbocycles. The quantitative estimate of drug-likeness (QED) is 0.394. The molecule has 4 rings (SSSR count). The zero-order chi connectivity index (χ0) is 24.2. The van der Waals surface area contributed by atoms with Gasteiger partial charge in [0.1, 0.15) is 5.82 Å². The van der Waals surface area contributed by atoms with Crippen LogP contribution in [0.5, 0.6) is 0 Å². The van der Waals surface area contributed by atoms with Crippen molar-refractivity contribution in [2.75, 3.05) is 24.3 Å². The predicted molar refractivity (Wildman–Crippen MR) is 133 cm³/mol. The monoisotopic (exact) mass is 462 g/mol. The minimum Gasteiger partial charge on any atom is -0.362 e. The molecule has 178 valence electrons. The summed E-state index contributed by atoms with van der Waals surface area (Å²) in [7, 11) is 3.94. The van der Waals surface area contributed by atoms with E-state index in [-0.39, 0.29) is 29.6 Å². The van der Waals surface area contributed by atoms with Crippen LogP contribution >= 0.6 is 0 Å². The van der Waals surface area contributed by atoms with Gasteiger partial charge in [0.25, 0.3) is 5.69 Å². The Morgan fingerprint density at radius 3 is 2.38 bits per heavy atom. The summed E-state index contributed by atoms with van der Waals surface area (Å²) in [6.45, 7) is 1.89. The number of nitro benzene ring substituents is 1. The fourth-order valence-corrected chi connectivity index (χ4v) is 4.45. The van der Waals surface area contributed by atoms with Crippen LogP contribution in [0.25, 0.3) is 10.9 Å². The second kappa shape index (κ2) is 10.0. The van der Waals surface area contributed by atoms with Gasteiger partial charge in [-0.05, 0) is 50.3 Å². The lowest BCUT2D eigenvalue weighted by atomic mass is 9.85. The van der Waals surface area contributed by atoms with Crippen molar-refractivity contribution < 1.29 is 9.72 Å². The van der Waals surface area contributed by atoms with E-state index in [0.29, 0.717) is 5.95 Å². The average Bonchev–Trinajstić information content (AvgIpc) is 2.84. The Hall–Kier alpha value is -3.75. The molecule has 1 heterocycles. The fourth-order valence-electron chi connectivity index (χ4n) is 4.45. The summed E-state index contributed by atoms with van der Waals surface area (Å²) in [6.07, 6.45) is 3.28. The van der Waals surface area contributed by atoms with Crippen molar-refractivity contribution in [3.8, 4) is 0 Å². The topological polar surface area (TPSA) is 113 Å². The van der Waals surface area contributed by atoms with Gasteiger partial charge in [-0.15, -0.1) is 0 Å². The third kappa shape index (κ3) is 5.24. The van der Waals surface area contributed by atoms with E-state index in [1.807, 2.05) is 50.2 Å². The van der Waals surface area contributed by atoms with Crippen LogP contribution < -0.4 is 15.5 Å². The van der Waals surface area contributed by atoms with Crippen molar-refractivity contribution in [3.05, 3.63) is 64.2 Å². The van der Waals surface area contributed by atoms with Crippen LogP contribution in [0.4, 0.5) is 17.5 Å². The molecule has 0 radical (unpaired) electrons. The van der Waals surface area contributed by atoms with E-state index in [0.717, 1.165) is 48.0 Å². The number of nitrogens with zero attached hydrogens (tertiary/aromatic N) is 4. The molecule has 0 spiro atoms. The van der Waals surface area contributed by atoms with E-state index in [1.54, 1.807) is 12.1 Å². The van der Waals surface area contributed by atoms with Gasteiger partial charge >= 0.3 is 0 Å².